The van der Waals surface area contributed by atoms with E-state index in [2.05, 4.69) is 19.2 Å². The maximum atomic E-state index is 12.4. The van der Waals surface area contributed by atoms with E-state index in [9.17, 15) is 19.8 Å². The van der Waals surface area contributed by atoms with E-state index < -0.39 is 12.1 Å². The second-order valence-corrected chi connectivity index (χ2v) is 18.6. The third-order valence-electron chi connectivity index (χ3n) is 12.6. The summed E-state index contributed by atoms with van der Waals surface area (Å²) in [4.78, 5) is 24.4. The second kappa shape index (κ2) is 50.2. The molecule has 0 aliphatic carbocycles. The molecule has 60 heavy (non-hydrogen) atoms. The van der Waals surface area contributed by atoms with Gasteiger partial charge in [-0.2, -0.15) is 0 Å². The minimum atomic E-state index is -0.846. The minimum absolute atomic E-state index is 0.00601. The number of unbranched alkanes of at least 4 members (excludes halogenated alkanes) is 39. The average Bonchev–Trinajstić information content (AvgIpc) is 3.25. The summed E-state index contributed by atoms with van der Waals surface area (Å²) in [5, 5.41) is 22.9. The summed E-state index contributed by atoms with van der Waals surface area (Å²) < 4.78 is 5.48. The standard InChI is InChI=1S/C54H105NO5/c1-3-5-7-9-11-13-15-16-17-18-22-25-28-32-36-40-44-48-54(59)60-49-45-41-37-33-29-26-23-20-19-21-24-27-31-35-39-43-47-53(58)55-51(50-56)52(57)46-42-38-34-30-14-12-10-8-6-4-2/h42,46,51-52,56-57H,3-41,43-45,47-50H2,1-2H3,(H,55,58)/b46-42+. The zero-order chi connectivity index (χ0) is 43.7. The molecule has 0 aromatic carbocycles. The van der Waals surface area contributed by atoms with E-state index in [1.54, 1.807) is 6.08 Å². The average molecular weight is 848 g/mol. The van der Waals surface area contributed by atoms with Gasteiger partial charge in [-0.3, -0.25) is 9.59 Å². The molecule has 0 aliphatic rings. The Kier molecular flexibility index (Phi) is 49.1. The SMILES string of the molecule is CCCCCCCCCC/C=C/C(O)C(CO)NC(=O)CCCCCCCCCCCCCCCCCCOC(=O)CCCCCCCCCCCCCCCCCCC. The Bertz CT molecular complexity index is 893. The van der Waals surface area contributed by atoms with Gasteiger partial charge in [-0.25, -0.2) is 0 Å². The molecular formula is C54H105NO5. The van der Waals surface area contributed by atoms with E-state index in [0.717, 1.165) is 44.9 Å². The van der Waals surface area contributed by atoms with Crippen LogP contribution in [0.25, 0.3) is 0 Å². The molecule has 6 nitrogen and oxygen atoms in total. The summed E-state index contributed by atoms with van der Waals surface area (Å²) in [6.07, 6.45) is 58.0. The number of hydrogen-bond acceptors (Lipinski definition) is 5. The lowest BCUT2D eigenvalue weighted by Gasteiger charge is -2.20. The van der Waals surface area contributed by atoms with E-state index >= 15 is 0 Å². The predicted molar refractivity (Wildman–Crippen MR) is 260 cm³/mol. The zero-order valence-electron chi connectivity index (χ0n) is 40.5. The molecule has 2 unspecified atom stereocenters. The van der Waals surface area contributed by atoms with Gasteiger partial charge in [0.05, 0.1) is 25.4 Å². The van der Waals surface area contributed by atoms with Crippen LogP contribution >= 0.6 is 0 Å². The van der Waals surface area contributed by atoms with Crippen molar-refractivity contribution in [3.63, 3.8) is 0 Å². The molecule has 1 amide bonds. The van der Waals surface area contributed by atoms with Crippen LogP contribution in [-0.4, -0.2) is 47.4 Å². The molecule has 0 heterocycles. The van der Waals surface area contributed by atoms with Crippen LogP contribution < -0.4 is 5.32 Å². The van der Waals surface area contributed by atoms with Crippen molar-refractivity contribution in [1.82, 2.24) is 5.32 Å². The smallest absolute Gasteiger partial charge is 0.305 e. The number of aliphatic hydroxyl groups is 2. The molecule has 0 radical (unpaired) electrons. The van der Waals surface area contributed by atoms with Crippen LogP contribution in [0.1, 0.15) is 296 Å². The summed E-state index contributed by atoms with van der Waals surface area (Å²) >= 11 is 0. The zero-order valence-corrected chi connectivity index (χ0v) is 40.5. The van der Waals surface area contributed by atoms with Crippen LogP contribution in [-0.2, 0) is 14.3 Å². The number of nitrogens with one attached hydrogen (secondary N) is 1. The molecule has 0 bridgehead atoms. The molecule has 0 aliphatic heterocycles. The highest BCUT2D eigenvalue weighted by molar-refractivity contribution is 5.76. The molecule has 0 saturated carbocycles. The molecule has 0 fully saturated rings. The number of amides is 1. The topological polar surface area (TPSA) is 95.9 Å². The number of esters is 1. The van der Waals surface area contributed by atoms with Crippen LogP contribution in [0.2, 0.25) is 0 Å². The fourth-order valence-electron chi connectivity index (χ4n) is 8.40. The lowest BCUT2D eigenvalue weighted by Crippen LogP contribution is -2.45. The van der Waals surface area contributed by atoms with Crippen LogP contribution in [0.15, 0.2) is 12.2 Å². The molecule has 2 atom stereocenters. The fourth-order valence-corrected chi connectivity index (χ4v) is 8.40. The number of ether oxygens (including phenoxy) is 1. The molecule has 0 spiro atoms. The van der Waals surface area contributed by atoms with Gasteiger partial charge in [0, 0.05) is 12.8 Å². The highest BCUT2D eigenvalue weighted by Gasteiger charge is 2.18. The van der Waals surface area contributed by atoms with Gasteiger partial charge in [0.1, 0.15) is 0 Å². The summed E-state index contributed by atoms with van der Waals surface area (Å²) in [5.74, 6) is -0.0698. The normalized spacial score (nSPS) is 12.7. The lowest BCUT2D eigenvalue weighted by molar-refractivity contribution is -0.143. The van der Waals surface area contributed by atoms with Gasteiger partial charge in [0.25, 0.3) is 0 Å². The van der Waals surface area contributed by atoms with Crippen molar-refractivity contribution in [3.8, 4) is 0 Å². The van der Waals surface area contributed by atoms with Crippen molar-refractivity contribution in [2.45, 2.75) is 309 Å². The number of aliphatic hydroxyl groups excluding tert-OH is 2. The van der Waals surface area contributed by atoms with Gasteiger partial charge >= 0.3 is 5.97 Å². The van der Waals surface area contributed by atoms with Gasteiger partial charge in [0.15, 0.2) is 0 Å². The van der Waals surface area contributed by atoms with Gasteiger partial charge in [-0.05, 0) is 32.1 Å². The molecule has 0 aromatic rings. The molecular weight excluding hydrogens is 743 g/mol. The van der Waals surface area contributed by atoms with Crippen molar-refractivity contribution in [3.05, 3.63) is 12.2 Å². The van der Waals surface area contributed by atoms with Crippen molar-refractivity contribution in [2.75, 3.05) is 13.2 Å². The second-order valence-electron chi connectivity index (χ2n) is 18.6. The van der Waals surface area contributed by atoms with Crippen molar-refractivity contribution in [2.24, 2.45) is 0 Å². The van der Waals surface area contributed by atoms with E-state index in [1.165, 1.54) is 225 Å². The maximum Gasteiger partial charge on any atom is 0.305 e. The quantitative estimate of drug-likeness (QED) is 0.0322. The van der Waals surface area contributed by atoms with Gasteiger partial charge < -0.3 is 20.3 Å². The van der Waals surface area contributed by atoms with Crippen LogP contribution in [0, 0.1) is 0 Å². The number of hydrogen-bond donors (Lipinski definition) is 3. The highest BCUT2D eigenvalue weighted by atomic mass is 16.5. The molecule has 3 N–H and O–H groups in total. The maximum absolute atomic E-state index is 12.4. The van der Waals surface area contributed by atoms with Crippen LogP contribution in [0.3, 0.4) is 0 Å². The minimum Gasteiger partial charge on any atom is -0.466 e. The highest BCUT2D eigenvalue weighted by Crippen LogP contribution is 2.17. The Morgan fingerprint density at radius 1 is 0.450 bits per heavy atom. The first kappa shape index (κ1) is 58.6. The number of carbonyl (C=O) groups is 2. The van der Waals surface area contributed by atoms with E-state index in [1.807, 2.05) is 6.08 Å². The largest absolute Gasteiger partial charge is 0.466 e. The van der Waals surface area contributed by atoms with E-state index in [-0.39, 0.29) is 18.5 Å². The molecule has 0 rings (SSSR count). The molecule has 356 valence electrons. The van der Waals surface area contributed by atoms with E-state index in [4.69, 9.17) is 4.74 Å². The van der Waals surface area contributed by atoms with Crippen molar-refractivity contribution in [1.29, 1.82) is 0 Å². The van der Waals surface area contributed by atoms with Crippen LogP contribution in [0.5, 0.6) is 0 Å². The van der Waals surface area contributed by atoms with Crippen LogP contribution in [0.4, 0.5) is 0 Å². The first-order chi connectivity index (χ1) is 29.5. The lowest BCUT2D eigenvalue weighted by atomic mass is 10.0. The monoisotopic (exact) mass is 848 g/mol. The fraction of sp³-hybridized carbons (Fsp3) is 0.926. The third kappa shape index (κ3) is 46.1. The Hall–Kier alpha value is -1.40. The van der Waals surface area contributed by atoms with Gasteiger partial charge in [-0.15, -0.1) is 0 Å². The number of carbonyl (C=O) groups excluding carboxylic acids is 2. The Balaban J connectivity index is 3.39. The predicted octanol–water partition coefficient (Wildman–Crippen LogP) is 16.1. The third-order valence-corrected chi connectivity index (χ3v) is 12.6. The first-order valence-electron chi connectivity index (χ1n) is 27.0. The Labute approximate surface area is 374 Å². The first-order valence-corrected chi connectivity index (χ1v) is 27.0. The summed E-state index contributed by atoms with van der Waals surface area (Å²) in [6, 6.07) is -0.630. The van der Waals surface area contributed by atoms with Gasteiger partial charge in [-0.1, -0.05) is 264 Å². The molecule has 0 saturated heterocycles. The summed E-state index contributed by atoms with van der Waals surface area (Å²) in [5.41, 5.74) is 0. The Morgan fingerprint density at radius 2 is 0.767 bits per heavy atom. The number of allylic oxidation sites excluding steroid dienone is 1. The molecule has 0 aromatic heterocycles. The van der Waals surface area contributed by atoms with E-state index in [0.29, 0.717) is 19.4 Å². The van der Waals surface area contributed by atoms with Crippen molar-refractivity contribution >= 4 is 11.9 Å². The van der Waals surface area contributed by atoms with Gasteiger partial charge in [0.2, 0.25) is 5.91 Å². The number of rotatable bonds is 50. The van der Waals surface area contributed by atoms with Crippen molar-refractivity contribution < 1.29 is 24.5 Å². The molecule has 6 heteroatoms. The summed E-state index contributed by atoms with van der Waals surface area (Å²) in [6.45, 7) is 4.88. The Morgan fingerprint density at radius 3 is 1.13 bits per heavy atom. The summed E-state index contributed by atoms with van der Waals surface area (Å²) in [7, 11) is 0.